The molecule has 2 aliphatic rings. The van der Waals surface area contributed by atoms with Gasteiger partial charge in [0.25, 0.3) is 0 Å². The van der Waals surface area contributed by atoms with Crippen LogP contribution in [0.1, 0.15) is 0 Å². The fourth-order valence-electron chi connectivity index (χ4n) is 3.52. The van der Waals surface area contributed by atoms with Crippen molar-refractivity contribution >= 4 is 17.4 Å². The first-order chi connectivity index (χ1) is 13.8. The molecule has 2 fully saturated rings. The molecule has 1 aromatic carbocycles. The van der Waals surface area contributed by atoms with Gasteiger partial charge in [-0.3, -0.25) is 9.80 Å². The molecule has 4 rings (SSSR count). The van der Waals surface area contributed by atoms with E-state index in [4.69, 9.17) is 21.1 Å². The summed E-state index contributed by atoms with van der Waals surface area (Å²) in [6.45, 7) is 10.1. The summed E-state index contributed by atoms with van der Waals surface area (Å²) < 4.78 is 11.2. The third kappa shape index (κ3) is 5.32. The number of hydrogen-bond acceptors (Lipinski definition) is 7. The van der Waals surface area contributed by atoms with Gasteiger partial charge in [-0.2, -0.15) is 0 Å². The summed E-state index contributed by atoms with van der Waals surface area (Å²) in [5, 5.41) is 0.639. The highest BCUT2D eigenvalue weighted by Crippen LogP contribution is 2.25. The number of hydrogen-bond donors (Lipinski definition) is 0. The number of anilines is 1. The first kappa shape index (κ1) is 19.4. The van der Waals surface area contributed by atoms with Gasteiger partial charge in [-0.25, -0.2) is 9.97 Å². The van der Waals surface area contributed by atoms with Crippen LogP contribution < -0.4 is 9.64 Å². The number of halogens is 1. The predicted molar refractivity (Wildman–Crippen MR) is 109 cm³/mol. The molecule has 0 unspecified atom stereocenters. The van der Waals surface area contributed by atoms with Crippen LogP contribution >= 0.6 is 11.6 Å². The highest BCUT2D eigenvalue weighted by Gasteiger charge is 2.20. The number of benzene rings is 1. The molecule has 0 bridgehead atoms. The lowest BCUT2D eigenvalue weighted by atomic mass is 10.3. The van der Waals surface area contributed by atoms with Crippen molar-refractivity contribution in [2.75, 3.05) is 70.5 Å². The molecule has 0 N–H and O–H groups in total. The molecule has 2 aromatic rings. The summed E-state index contributed by atoms with van der Waals surface area (Å²) in [6, 6.07) is 9.20. The largest absolute Gasteiger partial charge is 0.439 e. The van der Waals surface area contributed by atoms with Gasteiger partial charge in [0.2, 0.25) is 5.88 Å². The monoisotopic (exact) mass is 403 g/mol. The zero-order chi connectivity index (χ0) is 19.2. The average Bonchev–Trinajstić information content (AvgIpc) is 2.74. The Morgan fingerprint density at radius 3 is 2.43 bits per heavy atom. The standard InChI is InChI=1S/C20H26ClN5O2/c21-17-2-1-3-18(14-17)28-20-15-19(22-16-23-20)26-8-6-24(7-9-26)4-5-25-10-12-27-13-11-25/h1-3,14-16H,4-13H2. The second-order valence-corrected chi connectivity index (χ2v) is 7.49. The number of nitrogens with zero attached hydrogens (tertiary/aromatic N) is 5. The Balaban J connectivity index is 1.28. The van der Waals surface area contributed by atoms with Crippen molar-refractivity contribution in [2.45, 2.75) is 0 Å². The molecule has 28 heavy (non-hydrogen) atoms. The van der Waals surface area contributed by atoms with E-state index < -0.39 is 0 Å². The predicted octanol–water partition coefficient (Wildman–Crippen LogP) is 2.38. The van der Waals surface area contributed by atoms with E-state index in [1.807, 2.05) is 24.3 Å². The van der Waals surface area contributed by atoms with Crippen molar-refractivity contribution in [3.05, 3.63) is 41.7 Å². The Labute approximate surface area is 170 Å². The molecule has 150 valence electrons. The summed E-state index contributed by atoms with van der Waals surface area (Å²) in [5.41, 5.74) is 0. The van der Waals surface area contributed by atoms with E-state index in [1.54, 1.807) is 12.4 Å². The number of aromatic nitrogens is 2. The molecule has 0 radical (unpaired) electrons. The minimum Gasteiger partial charge on any atom is -0.439 e. The zero-order valence-electron chi connectivity index (χ0n) is 16.0. The lowest BCUT2D eigenvalue weighted by Gasteiger charge is -2.36. The molecule has 0 aliphatic carbocycles. The van der Waals surface area contributed by atoms with Crippen LogP contribution in [-0.2, 0) is 4.74 Å². The quantitative estimate of drug-likeness (QED) is 0.733. The summed E-state index contributed by atoms with van der Waals surface area (Å²) >= 11 is 6.02. The van der Waals surface area contributed by atoms with Gasteiger partial charge in [0.1, 0.15) is 17.9 Å². The van der Waals surface area contributed by atoms with E-state index in [0.29, 0.717) is 16.7 Å². The third-order valence-electron chi connectivity index (χ3n) is 5.18. The van der Waals surface area contributed by atoms with Gasteiger partial charge in [0.15, 0.2) is 0 Å². The van der Waals surface area contributed by atoms with Gasteiger partial charge >= 0.3 is 0 Å². The number of ether oxygens (including phenoxy) is 2. The third-order valence-corrected chi connectivity index (χ3v) is 5.41. The van der Waals surface area contributed by atoms with Crippen LogP contribution in [0.4, 0.5) is 5.82 Å². The van der Waals surface area contributed by atoms with E-state index in [1.165, 1.54) is 0 Å². The van der Waals surface area contributed by atoms with E-state index in [0.717, 1.165) is 71.4 Å². The summed E-state index contributed by atoms with van der Waals surface area (Å²) in [5.74, 6) is 2.10. The van der Waals surface area contributed by atoms with Gasteiger partial charge < -0.3 is 14.4 Å². The summed E-state index contributed by atoms with van der Waals surface area (Å²) in [6.07, 6.45) is 1.56. The van der Waals surface area contributed by atoms with Crippen LogP contribution in [0, 0.1) is 0 Å². The van der Waals surface area contributed by atoms with Crippen molar-refractivity contribution in [2.24, 2.45) is 0 Å². The average molecular weight is 404 g/mol. The van der Waals surface area contributed by atoms with Crippen LogP contribution in [0.25, 0.3) is 0 Å². The van der Waals surface area contributed by atoms with Crippen molar-refractivity contribution < 1.29 is 9.47 Å². The molecule has 0 atom stereocenters. The van der Waals surface area contributed by atoms with Crippen molar-refractivity contribution in [3.63, 3.8) is 0 Å². The SMILES string of the molecule is Clc1cccc(Oc2cc(N3CCN(CCN4CCOCC4)CC3)ncn2)c1. The lowest BCUT2D eigenvalue weighted by molar-refractivity contribution is 0.0331. The molecule has 3 heterocycles. The maximum Gasteiger partial charge on any atom is 0.224 e. The minimum absolute atomic E-state index is 0.530. The van der Waals surface area contributed by atoms with Gasteiger partial charge in [-0.1, -0.05) is 17.7 Å². The van der Waals surface area contributed by atoms with Crippen LogP contribution in [0.5, 0.6) is 11.6 Å². The lowest BCUT2D eigenvalue weighted by Crippen LogP contribution is -2.49. The Bertz CT molecular complexity index is 764. The van der Waals surface area contributed by atoms with E-state index in [-0.39, 0.29) is 0 Å². The molecule has 7 nitrogen and oxygen atoms in total. The number of piperazine rings is 1. The van der Waals surface area contributed by atoms with Crippen LogP contribution in [-0.4, -0.2) is 85.3 Å². The van der Waals surface area contributed by atoms with Gasteiger partial charge in [0.05, 0.1) is 13.2 Å². The minimum atomic E-state index is 0.530. The molecule has 8 heteroatoms. The second-order valence-electron chi connectivity index (χ2n) is 7.06. The maximum absolute atomic E-state index is 6.02. The molecular weight excluding hydrogens is 378 g/mol. The fourth-order valence-corrected chi connectivity index (χ4v) is 3.70. The molecular formula is C20H26ClN5O2. The Kier molecular flexibility index (Phi) is 6.59. The smallest absolute Gasteiger partial charge is 0.224 e. The topological polar surface area (TPSA) is 54.0 Å². The normalized spacial score (nSPS) is 19.0. The summed E-state index contributed by atoms with van der Waals surface area (Å²) in [7, 11) is 0. The second kappa shape index (κ2) is 9.52. The van der Waals surface area contributed by atoms with E-state index in [9.17, 15) is 0 Å². The van der Waals surface area contributed by atoms with Crippen molar-refractivity contribution in [1.29, 1.82) is 0 Å². The van der Waals surface area contributed by atoms with Gasteiger partial charge in [-0.05, 0) is 18.2 Å². The maximum atomic E-state index is 6.02. The van der Waals surface area contributed by atoms with E-state index >= 15 is 0 Å². The van der Waals surface area contributed by atoms with Crippen LogP contribution in [0.2, 0.25) is 5.02 Å². The molecule has 2 saturated heterocycles. The first-order valence-electron chi connectivity index (χ1n) is 9.79. The van der Waals surface area contributed by atoms with Gasteiger partial charge in [-0.15, -0.1) is 0 Å². The van der Waals surface area contributed by atoms with Gasteiger partial charge in [0, 0.05) is 63.4 Å². The first-order valence-corrected chi connectivity index (χ1v) is 10.2. The molecule has 0 spiro atoms. The Morgan fingerprint density at radius 2 is 1.68 bits per heavy atom. The fraction of sp³-hybridized carbons (Fsp3) is 0.500. The highest BCUT2D eigenvalue weighted by atomic mass is 35.5. The Hall–Kier alpha value is -1.93. The summed E-state index contributed by atoms with van der Waals surface area (Å²) in [4.78, 5) is 16.0. The molecule has 1 aromatic heterocycles. The van der Waals surface area contributed by atoms with Crippen molar-refractivity contribution in [3.8, 4) is 11.6 Å². The van der Waals surface area contributed by atoms with Crippen LogP contribution in [0.3, 0.4) is 0 Å². The molecule has 0 amide bonds. The molecule has 2 aliphatic heterocycles. The van der Waals surface area contributed by atoms with E-state index in [2.05, 4.69) is 24.7 Å². The van der Waals surface area contributed by atoms with Crippen LogP contribution in [0.15, 0.2) is 36.7 Å². The Morgan fingerprint density at radius 1 is 0.929 bits per heavy atom. The number of rotatable bonds is 6. The molecule has 0 saturated carbocycles. The van der Waals surface area contributed by atoms with Crippen molar-refractivity contribution in [1.82, 2.24) is 19.8 Å². The number of morpholine rings is 1. The zero-order valence-corrected chi connectivity index (χ0v) is 16.7. The highest BCUT2D eigenvalue weighted by molar-refractivity contribution is 6.30.